The van der Waals surface area contributed by atoms with E-state index >= 15 is 0 Å². The summed E-state index contributed by atoms with van der Waals surface area (Å²) in [5.74, 6) is 1.11. The third kappa shape index (κ3) is 4.00. The molecule has 0 radical (unpaired) electrons. The lowest BCUT2D eigenvalue weighted by atomic mass is 10.0. The van der Waals surface area contributed by atoms with Crippen LogP contribution >= 0.6 is 11.6 Å². The zero-order valence-electron chi connectivity index (χ0n) is 14.4. The Balaban J connectivity index is 1.83. The van der Waals surface area contributed by atoms with Crippen molar-refractivity contribution in [1.82, 2.24) is 9.97 Å². The lowest BCUT2D eigenvalue weighted by molar-refractivity contribution is 0.800. The first-order chi connectivity index (χ1) is 12.6. The van der Waals surface area contributed by atoms with Crippen molar-refractivity contribution in [3.05, 3.63) is 82.6 Å². The molecule has 3 aromatic rings. The summed E-state index contributed by atoms with van der Waals surface area (Å²) in [4.78, 5) is 8.35. The van der Waals surface area contributed by atoms with Crippen molar-refractivity contribution in [2.24, 2.45) is 0 Å². The van der Waals surface area contributed by atoms with Gasteiger partial charge in [0.25, 0.3) is 0 Å². The summed E-state index contributed by atoms with van der Waals surface area (Å²) in [5, 5.41) is 12.5. The second-order valence-corrected chi connectivity index (χ2v) is 6.49. The second-order valence-electron chi connectivity index (χ2n) is 6.06. The largest absolute Gasteiger partial charge is 0.383 e. The van der Waals surface area contributed by atoms with Crippen LogP contribution in [0.15, 0.2) is 60.9 Å². The number of benzene rings is 2. The first-order valence-electron chi connectivity index (χ1n) is 8.30. The SMILES string of the molecule is CC(CNc1ncnc(N)c1C(=N)c1ccc(Cl)cc1)c1ccccc1. The average molecular weight is 366 g/mol. The number of halogens is 1. The number of anilines is 2. The van der Waals surface area contributed by atoms with E-state index in [1.165, 1.54) is 11.9 Å². The highest BCUT2D eigenvalue weighted by Gasteiger charge is 2.17. The number of nitrogens with two attached hydrogens (primary N) is 1. The molecular formula is C20H20ClN5. The van der Waals surface area contributed by atoms with Crippen LogP contribution < -0.4 is 11.1 Å². The van der Waals surface area contributed by atoms with Crippen LogP contribution in [0.2, 0.25) is 5.02 Å². The van der Waals surface area contributed by atoms with Crippen molar-refractivity contribution < 1.29 is 0 Å². The lowest BCUT2D eigenvalue weighted by Gasteiger charge is -2.17. The zero-order valence-corrected chi connectivity index (χ0v) is 15.2. The Labute approximate surface area is 157 Å². The topological polar surface area (TPSA) is 87.7 Å². The molecule has 1 aromatic heterocycles. The van der Waals surface area contributed by atoms with Crippen LogP contribution in [0.1, 0.15) is 29.5 Å². The predicted molar refractivity (Wildman–Crippen MR) is 107 cm³/mol. The molecule has 0 saturated heterocycles. The van der Waals surface area contributed by atoms with Crippen LogP contribution in [-0.4, -0.2) is 22.2 Å². The van der Waals surface area contributed by atoms with Gasteiger partial charge in [-0.1, -0.05) is 61.0 Å². The quantitative estimate of drug-likeness (QED) is 0.567. The fourth-order valence-electron chi connectivity index (χ4n) is 2.69. The molecule has 0 aliphatic rings. The molecule has 0 aliphatic carbocycles. The van der Waals surface area contributed by atoms with Crippen molar-refractivity contribution in [2.75, 3.05) is 17.6 Å². The number of nitrogens with zero attached hydrogens (tertiary/aromatic N) is 2. The smallest absolute Gasteiger partial charge is 0.141 e. The Morgan fingerprint density at radius 1 is 1.12 bits per heavy atom. The first-order valence-corrected chi connectivity index (χ1v) is 8.68. The molecule has 6 heteroatoms. The van der Waals surface area contributed by atoms with Crippen molar-refractivity contribution in [3.8, 4) is 0 Å². The summed E-state index contributed by atoms with van der Waals surface area (Å²) in [7, 11) is 0. The summed E-state index contributed by atoms with van der Waals surface area (Å²) >= 11 is 5.94. The molecule has 0 fully saturated rings. The molecule has 3 rings (SSSR count). The summed E-state index contributed by atoms with van der Waals surface area (Å²) in [5.41, 5.74) is 8.74. The van der Waals surface area contributed by atoms with Crippen molar-refractivity contribution in [1.29, 1.82) is 5.41 Å². The molecule has 2 aromatic carbocycles. The second kappa shape index (κ2) is 7.97. The van der Waals surface area contributed by atoms with Gasteiger partial charge in [0.05, 0.1) is 11.3 Å². The van der Waals surface area contributed by atoms with Gasteiger partial charge in [-0.2, -0.15) is 0 Å². The van der Waals surface area contributed by atoms with Gasteiger partial charge in [0, 0.05) is 17.1 Å². The Kier molecular flexibility index (Phi) is 5.49. The molecule has 0 amide bonds. The molecule has 0 aliphatic heterocycles. The van der Waals surface area contributed by atoms with Gasteiger partial charge in [0.2, 0.25) is 0 Å². The number of nitrogens with one attached hydrogen (secondary N) is 2. The highest BCUT2D eigenvalue weighted by atomic mass is 35.5. The van der Waals surface area contributed by atoms with Crippen LogP contribution in [0.25, 0.3) is 0 Å². The van der Waals surface area contributed by atoms with E-state index < -0.39 is 0 Å². The van der Waals surface area contributed by atoms with Crippen molar-refractivity contribution >= 4 is 28.9 Å². The predicted octanol–water partition coefficient (Wildman–Crippen LogP) is 4.34. The molecule has 1 unspecified atom stereocenters. The zero-order chi connectivity index (χ0) is 18.5. The first kappa shape index (κ1) is 17.9. The van der Waals surface area contributed by atoms with Gasteiger partial charge in [-0.15, -0.1) is 0 Å². The van der Waals surface area contributed by atoms with E-state index in [4.69, 9.17) is 22.7 Å². The molecule has 5 nitrogen and oxygen atoms in total. The average Bonchev–Trinajstić information content (AvgIpc) is 2.67. The Hall–Kier alpha value is -2.92. The fourth-order valence-corrected chi connectivity index (χ4v) is 2.82. The summed E-state index contributed by atoms with van der Waals surface area (Å²) < 4.78 is 0. The molecular weight excluding hydrogens is 346 g/mol. The fraction of sp³-hybridized carbons (Fsp3) is 0.150. The van der Waals surface area contributed by atoms with E-state index in [1.807, 2.05) is 18.2 Å². The summed E-state index contributed by atoms with van der Waals surface area (Å²) in [6, 6.07) is 17.3. The highest BCUT2D eigenvalue weighted by molar-refractivity contribution is 6.30. The van der Waals surface area contributed by atoms with Crippen LogP contribution in [0.5, 0.6) is 0 Å². The molecule has 1 heterocycles. The van der Waals surface area contributed by atoms with E-state index in [0.717, 1.165) is 0 Å². The number of hydrogen-bond donors (Lipinski definition) is 3. The van der Waals surface area contributed by atoms with Crippen molar-refractivity contribution in [3.63, 3.8) is 0 Å². The maximum absolute atomic E-state index is 8.53. The van der Waals surface area contributed by atoms with Crippen molar-refractivity contribution in [2.45, 2.75) is 12.8 Å². The minimum atomic E-state index is 0.259. The van der Waals surface area contributed by atoms with Gasteiger partial charge < -0.3 is 11.1 Å². The highest BCUT2D eigenvalue weighted by Crippen LogP contribution is 2.24. The molecule has 132 valence electrons. The molecule has 26 heavy (non-hydrogen) atoms. The Morgan fingerprint density at radius 3 is 2.50 bits per heavy atom. The van der Waals surface area contributed by atoms with Gasteiger partial charge in [-0.25, -0.2) is 9.97 Å². The van der Waals surface area contributed by atoms with Crippen LogP contribution in [-0.2, 0) is 0 Å². The van der Waals surface area contributed by atoms with Crippen LogP contribution in [0.4, 0.5) is 11.6 Å². The van der Waals surface area contributed by atoms with Gasteiger partial charge in [-0.05, 0) is 23.6 Å². The number of hydrogen-bond acceptors (Lipinski definition) is 5. The minimum Gasteiger partial charge on any atom is -0.383 e. The normalized spacial score (nSPS) is 11.8. The van der Waals surface area contributed by atoms with Gasteiger partial charge in [-0.3, -0.25) is 5.41 Å². The maximum Gasteiger partial charge on any atom is 0.141 e. The van der Waals surface area contributed by atoms with E-state index in [1.54, 1.807) is 24.3 Å². The molecule has 4 N–H and O–H groups in total. The maximum atomic E-state index is 8.53. The number of nitrogen functional groups attached to an aromatic ring is 1. The number of aromatic nitrogens is 2. The van der Waals surface area contributed by atoms with Crippen LogP contribution in [0.3, 0.4) is 0 Å². The molecule has 0 saturated carbocycles. The summed E-state index contributed by atoms with van der Waals surface area (Å²) in [6.45, 7) is 2.80. The molecule has 0 bridgehead atoms. The standard InChI is InChI=1S/C20H20ClN5/c1-13(14-5-3-2-4-6-14)11-24-20-17(19(23)25-12-26-20)18(22)15-7-9-16(21)10-8-15/h2-10,12-13,22H,11H2,1H3,(H3,23,24,25,26). The molecule has 0 spiro atoms. The Bertz CT molecular complexity index is 894. The van der Waals surface area contributed by atoms with Crippen LogP contribution in [0, 0.1) is 5.41 Å². The van der Waals surface area contributed by atoms with E-state index in [-0.39, 0.29) is 17.4 Å². The van der Waals surface area contributed by atoms with Gasteiger partial charge in [0.15, 0.2) is 0 Å². The van der Waals surface area contributed by atoms with E-state index in [9.17, 15) is 0 Å². The minimum absolute atomic E-state index is 0.259. The lowest BCUT2D eigenvalue weighted by Crippen LogP contribution is -2.17. The molecule has 1 atom stereocenters. The third-order valence-corrected chi connectivity index (χ3v) is 4.46. The van der Waals surface area contributed by atoms with E-state index in [0.29, 0.717) is 28.5 Å². The number of rotatable bonds is 6. The van der Waals surface area contributed by atoms with Gasteiger partial charge in [0.1, 0.15) is 18.0 Å². The Morgan fingerprint density at radius 2 is 1.81 bits per heavy atom. The third-order valence-electron chi connectivity index (χ3n) is 4.20. The van der Waals surface area contributed by atoms with Gasteiger partial charge >= 0.3 is 0 Å². The van der Waals surface area contributed by atoms with E-state index in [2.05, 4.69) is 34.3 Å². The summed E-state index contributed by atoms with van der Waals surface area (Å²) in [6.07, 6.45) is 1.41. The monoisotopic (exact) mass is 365 g/mol.